The summed E-state index contributed by atoms with van der Waals surface area (Å²) in [5.41, 5.74) is 2.97. The second-order valence-corrected chi connectivity index (χ2v) is 2.98. The van der Waals surface area contributed by atoms with Crippen LogP contribution in [0.2, 0.25) is 0 Å². The van der Waals surface area contributed by atoms with Crippen LogP contribution in [0.1, 0.15) is 6.92 Å². The highest BCUT2D eigenvalue weighted by Gasteiger charge is 2.13. The number of amides is 1. The van der Waals surface area contributed by atoms with Crippen molar-refractivity contribution in [3.8, 4) is 0 Å². The summed E-state index contributed by atoms with van der Waals surface area (Å²) in [5, 5.41) is 1.77. The van der Waals surface area contributed by atoms with Crippen molar-refractivity contribution >= 4 is 5.91 Å². The number of carbonyl (C=O) groups is 1. The minimum Gasteiger partial charge on any atom is -0.347 e. The first-order chi connectivity index (χ1) is 4.95. The lowest BCUT2D eigenvalue weighted by Gasteiger charge is -2.21. The van der Waals surface area contributed by atoms with Crippen LogP contribution in [0.25, 0.3) is 0 Å². The molecule has 0 fully saturated rings. The van der Waals surface area contributed by atoms with Gasteiger partial charge in [-0.1, -0.05) is 0 Å². The molecule has 0 radical (unpaired) electrons. The van der Waals surface area contributed by atoms with Crippen LogP contribution in [-0.4, -0.2) is 50.0 Å². The molecule has 1 N–H and O–H groups in total. The zero-order valence-corrected chi connectivity index (χ0v) is 7.88. The van der Waals surface area contributed by atoms with Gasteiger partial charge in [-0.05, 0) is 6.92 Å². The lowest BCUT2D eigenvalue weighted by molar-refractivity contribution is -0.131. The fourth-order valence-electron chi connectivity index (χ4n) is 0.830. The Kier molecular flexibility index (Phi) is 4.07. The molecule has 1 amide bonds. The van der Waals surface area contributed by atoms with Gasteiger partial charge in [0.2, 0.25) is 5.91 Å². The average Bonchev–Trinajstić information content (AvgIpc) is 1.84. The monoisotopic (exact) mass is 159 g/mol. The third-order valence-electron chi connectivity index (χ3n) is 1.26. The van der Waals surface area contributed by atoms with Crippen molar-refractivity contribution < 1.29 is 4.79 Å². The number of carbonyl (C=O) groups excluding carboxylic acids is 1. The van der Waals surface area contributed by atoms with E-state index in [2.05, 4.69) is 5.43 Å². The van der Waals surface area contributed by atoms with Crippen molar-refractivity contribution in [3.63, 3.8) is 0 Å². The van der Waals surface area contributed by atoms with Crippen LogP contribution >= 0.6 is 0 Å². The molecule has 0 aliphatic carbocycles. The highest BCUT2D eigenvalue weighted by atomic mass is 16.2. The predicted molar refractivity (Wildman–Crippen MR) is 45.0 cm³/mol. The van der Waals surface area contributed by atoms with Gasteiger partial charge in [0.15, 0.2) is 0 Å². The molecule has 0 heterocycles. The number of nitrogens with zero attached hydrogens (tertiary/aromatic N) is 2. The molecular weight excluding hydrogens is 142 g/mol. The Morgan fingerprint density at radius 2 is 1.73 bits per heavy atom. The maximum atomic E-state index is 11.2. The first kappa shape index (κ1) is 10.4. The summed E-state index contributed by atoms with van der Waals surface area (Å²) in [5.74, 6) is 0.0821. The van der Waals surface area contributed by atoms with Crippen LogP contribution < -0.4 is 5.43 Å². The van der Waals surface area contributed by atoms with Gasteiger partial charge in [0.25, 0.3) is 0 Å². The van der Waals surface area contributed by atoms with E-state index in [1.54, 1.807) is 24.0 Å². The Morgan fingerprint density at radius 1 is 1.27 bits per heavy atom. The molecule has 0 aromatic carbocycles. The van der Waals surface area contributed by atoms with E-state index in [9.17, 15) is 4.79 Å². The van der Waals surface area contributed by atoms with E-state index in [0.29, 0.717) is 0 Å². The fourth-order valence-corrected chi connectivity index (χ4v) is 0.830. The first-order valence-corrected chi connectivity index (χ1v) is 3.59. The number of rotatable bonds is 3. The van der Waals surface area contributed by atoms with Crippen LogP contribution in [0.3, 0.4) is 0 Å². The summed E-state index contributed by atoms with van der Waals surface area (Å²) in [4.78, 5) is 12.8. The van der Waals surface area contributed by atoms with Crippen molar-refractivity contribution in [1.29, 1.82) is 0 Å². The van der Waals surface area contributed by atoms with Crippen LogP contribution in [0.15, 0.2) is 0 Å². The van der Waals surface area contributed by atoms with Gasteiger partial charge < -0.3 is 4.90 Å². The van der Waals surface area contributed by atoms with E-state index in [4.69, 9.17) is 0 Å². The predicted octanol–water partition coefficient (Wildman–Crippen LogP) is -0.471. The molecule has 0 bridgehead atoms. The maximum absolute atomic E-state index is 11.2. The van der Waals surface area contributed by atoms with Crippen LogP contribution in [0, 0.1) is 0 Å². The van der Waals surface area contributed by atoms with E-state index >= 15 is 0 Å². The largest absolute Gasteiger partial charge is 0.347 e. The molecule has 0 saturated heterocycles. The molecular formula is C7H17N3O. The molecule has 0 aliphatic rings. The number of hydrogen-bond donors (Lipinski definition) is 1. The summed E-state index contributed by atoms with van der Waals surface area (Å²) in [6, 6.07) is -0.153. The van der Waals surface area contributed by atoms with E-state index in [0.717, 1.165) is 0 Å². The third kappa shape index (κ3) is 3.95. The van der Waals surface area contributed by atoms with Crippen LogP contribution in [0.5, 0.6) is 0 Å². The lowest BCUT2D eigenvalue weighted by Crippen LogP contribution is -2.47. The van der Waals surface area contributed by atoms with Gasteiger partial charge in [-0.2, -0.15) is 0 Å². The van der Waals surface area contributed by atoms with Crippen molar-refractivity contribution in [3.05, 3.63) is 0 Å². The second kappa shape index (κ2) is 4.31. The summed E-state index contributed by atoms with van der Waals surface area (Å²) in [6.45, 7) is 1.84. The SMILES string of the molecule is CC(NN(C)C)C(=O)N(C)C. The Labute approximate surface area is 68.1 Å². The topological polar surface area (TPSA) is 35.6 Å². The Hall–Kier alpha value is -0.610. The van der Waals surface area contributed by atoms with Gasteiger partial charge in [0.1, 0.15) is 0 Å². The van der Waals surface area contributed by atoms with Crippen molar-refractivity contribution in [2.24, 2.45) is 0 Å². The summed E-state index contributed by atoms with van der Waals surface area (Å²) >= 11 is 0. The van der Waals surface area contributed by atoms with Gasteiger partial charge in [-0.25, -0.2) is 10.4 Å². The number of hydrazine groups is 1. The minimum atomic E-state index is -0.153. The molecule has 1 atom stereocenters. The zero-order chi connectivity index (χ0) is 9.02. The Balaban J connectivity index is 3.83. The number of likely N-dealkylation sites (N-methyl/N-ethyl adjacent to an activating group) is 1. The highest BCUT2D eigenvalue weighted by molar-refractivity contribution is 5.80. The van der Waals surface area contributed by atoms with E-state index in [1.807, 2.05) is 21.0 Å². The normalized spacial score (nSPS) is 13.3. The molecule has 0 aliphatic heterocycles. The van der Waals surface area contributed by atoms with Crippen LogP contribution in [-0.2, 0) is 4.79 Å². The van der Waals surface area contributed by atoms with Crippen molar-refractivity contribution in [2.45, 2.75) is 13.0 Å². The molecule has 0 saturated carbocycles. The van der Waals surface area contributed by atoms with Crippen molar-refractivity contribution in [1.82, 2.24) is 15.3 Å². The fraction of sp³-hybridized carbons (Fsp3) is 0.857. The molecule has 0 rings (SSSR count). The number of hydrogen-bond acceptors (Lipinski definition) is 3. The molecule has 66 valence electrons. The van der Waals surface area contributed by atoms with E-state index in [-0.39, 0.29) is 11.9 Å². The smallest absolute Gasteiger partial charge is 0.240 e. The quantitative estimate of drug-likeness (QED) is 0.565. The van der Waals surface area contributed by atoms with Crippen molar-refractivity contribution in [2.75, 3.05) is 28.2 Å². The van der Waals surface area contributed by atoms with Gasteiger partial charge >= 0.3 is 0 Å². The van der Waals surface area contributed by atoms with Gasteiger partial charge in [0, 0.05) is 28.2 Å². The zero-order valence-electron chi connectivity index (χ0n) is 7.88. The lowest BCUT2D eigenvalue weighted by atomic mass is 10.3. The molecule has 1 unspecified atom stereocenters. The van der Waals surface area contributed by atoms with Gasteiger partial charge in [0.05, 0.1) is 6.04 Å². The summed E-state index contributed by atoms with van der Waals surface area (Å²) in [6.07, 6.45) is 0. The van der Waals surface area contributed by atoms with Crippen LogP contribution in [0.4, 0.5) is 0 Å². The van der Waals surface area contributed by atoms with E-state index in [1.165, 1.54) is 0 Å². The molecule has 0 aromatic rings. The first-order valence-electron chi connectivity index (χ1n) is 3.59. The second-order valence-electron chi connectivity index (χ2n) is 2.98. The third-order valence-corrected chi connectivity index (χ3v) is 1.26. The molecule has 0 spiro atoms. The summed E-state index contributed by atoms with van der Waals surface area (Å²) < 4.78 is 0. The molecule has 11 heavy (non-hydrogen) atoms. The maximum Gasteiger partial charge on any atom is 0.240 e. The average molecular weight is 159 g/mol. The Bertz CT molecular complexity index is 134. The Morgan fingerprint density at radius 3 is 2.00 bits per heavy atom. The molecule has 4 heteroatoms. The van der Waals surface area contributed by atoms with E-state index < -0.39 is 0 Å². The highest BCUT2D eigenvalue weighted by Crippen LogP contribution is 1.87. The van der Waals surface area contributed by atoms with Gasteiger partial charge in [-0.15, -0.1) is 0 Å². The minimum absolute atomic E-state index is 0.0821. The standard InChI is InChI=1S/C7H17N3O/c1-6(8-10(4)5)7(11)9(2)3/h6,8H,1-5H3. The summed E-state index contributed by atoms with van der Waals surface area (Å²) in [7, 11) is 7.21. The molecule has 4 nitrogen and oxygen atoms in total. The van der Waals surface area contributed by atoms with Gasteiger partial charge in [-0.3, -0.25) is 4.79 Å². The number of nitrogens with one attached hydrogen (secondary N) is 1. The molecule has 0 aromatic heterocycles.